The van der Waals surface area contributed by atoms with E-state index in [-0.39, 0.29) is 5.92 Å². The first-order chi connectivity index (χ1) is 11.8. The second-order valence-corrected chi connectivity index (χ2v) is 5.71. The van der Waals surface area contributed by atoms with Gasteiger partial charge < -0.3 is 4.74 Å². The lowest BCUT2D eigenvalue weighted by Gasteiger charge is -2.11. The van der Waals surface area contributed by atoms with Gasteiger partial charge in [-0.15, -0.1) is 0 Å². The fourth-order valence-corrected chi connectivity index (χ4v) is 2.62. The highest BCUT2D eigenvalue weighted by atomic mass is 16.5. The van der Waals surface area contributed by atoms with Crippen molar-refractivity contribution in [1.82, 2.24) is 0 Å². The molecule has 24 heavy (non-hydrogen) atoms. The summed E-state index contributed by atoms with van der Waals surface area (Å²) in [6.07, 6.45) is 0.708. The summed E-state index contributed by atoms with van der Waals surface area (Å²) in [6.45, 7) is 0.561. The van der Waals surface area contributed by atoms with Gasteiger partial charge in [-0.25, -0.2) is 0 Å². The minimum atomic E-state index is -0.123. The smallest absolute Gasteiger partial charge is 0.119 e. The zero-order chi connectivity index (χ0) is 16.6. The van der Waals surface area contributed by atoms with E-state index in [2.05, 4.69) is 6.07 Å². The van der Waals surface area contributed by atoms with Crippen molar-refractivity contribution in [1.29, 1.82) is 5.26 Å². The highest BCUT2D eigenvalue weighted by Gasteiger charge is 2.11. The van der Waals surface area contributed by atoms with Crippen LogP contribution in [0, 0.1) is 11.3 Å². The average molecular weight is 313 g/mol. The Hall–Kier alpha value is -3.05. The average Bonchev–Trinajstić information content (AvgIpc) is 2.67. The van der Waals surface area contributed by atoms with Gasteiger partial charge in [0.15, 0.2) is 0 Å². The summed E-state index contributed by atoms with van der Waals surface area (Å²) in [5.41, 5.74) is 3.34. The predicted octanol–water partition coefficient (Wildman–Crippen LogP) is 5.12. The molecule has 3 aromatic carbocycles. The molecule has 0 aliphatic heterocycles. The van der Waals surface area contributed by atoms with Crippen LogP contribution in [0.3, 0.4) is 0 Å². The van der Waals surface area contributed by atoms with Crippen molar-refractivity contribution in [3.05, 3.63) is 102 Å². The maximum absolute atomic E-state index is 9.43. The van der Waals surface area contributed by atoms with Crippen LogP contribution in [0.4, 0.5) is 0 Å². The fourth-order valence-electron chi connectivity index (χ4n) is 2.62. The molecule has 0 aliphatic rings. The van der Waals surface area contributed by atoms with Gasteiger partial charge in [-0.2, -0.15) is 5.26 Å². The standard InChI is InChI=1S/C22H19NO/c23-16-21(20-9-5-2-6-10-20)15-18-11-13-22(14-12-18)24-17-19-7-3-1-4-8-19/h1-14,21H,15,17H2. The Morgan fingerprint density at radius 2 is 1.38 bits per heavy atom. The first kappa shape index (κ1) is 15.8. The van der Waals surface area contributed by atoms with Gasteiger partial charge >= 0.3 is 0 Å². The van der Waals surface area contributed by atoms with E-state index >= 15 is 0 Å². The van der Waals surface area contributed by atoms with Crippen molar-refractivity contribution in [2.45, 2.75) is 18.9 Å². The third-order valence-corrected chi connectivity index (χ3v) is 3.97. The van der Waals surface area contributed by atoms with Crippen LogP contribution < -0.4 is 4.74 Å². The van der Waals surface area contributed by atoms with E-state index in [9.17, 15) is 5.26 Å². The molecule has 0 aromatic heterocycles. The third kappa shape index (κ3) is 4.24. The molecule has 0 saturated heterocycles. The number of benzene rings is 3. The summed E-state index contributed by atoms with van der Waals surface area (Å²) < 4.78 is 5.80. The Morgan fingerprint density at radius 3 is 2.00 bits per heavy atom. The minimum Gasteiger partial charge on any atom is -0.489 e. The first-order valence-electron chi connectivity index (χ1n) is 8.05. The van der Waals surface area contributed by atoms with Gasteiger partial charge in [-0.3, -0.25) is 0 Å². The van der Waals surface area contributed by atoms with Gasteiger partial charge in [-0.1, -0.05) is 72.8 Å². The molecule has 1 atom stereocenters. The van der Waals surface area contributed by atoms with Crippen LogP contribution in [0.1, 0.15) is 22.6 Å². The van der Waals surface area contributed by atoms with Gasteiger partial charge in [0.1, 0.15) is 12.4 Å². The SMILES string of the molecule is N#CC(Cc1ccc(OCc2ccccc2)cc1)c1ccccc1. The molecule has 0 aliphatic carbocycles. The molecule has 2 nitrogen and oxygen atoms in total. The van der Waals surface area contributed by atoms with E-state index in [0.717, 1.165) is 22.4 Å². The normalized spacial score (nSPS) is 11.5. The van der Waals surface area contributed by atoms with E-state index in [1.54, 1.807) is 0 Å². The molecule has 0 heterocycles. The second kappa shape index (κ2) is 7.99. The molecular weight excluding hydrogens is 294 g/mol. The molecule has 3 aromatic rings. The molecule has 0 spiro atoms. The minimum absolute atomic E-state index is 0.123. The highest BCUT2D eigenvalue weighted by molar-refractivity contribution is 5.32. The van der Waals surface area contributed by atoms with Crippen molar-refractivity contribution in [2.75, 3.05) is 0 Å². The molecule has 3 rings (SSSR count). The summed E-state index contributed by atoms with van der Waals surface area (Å²) in [6, 6.07) is 30.4. The van der Waals surface area contributed by atoms with Crippen LogP contribution in [0.15, 0.2) is 84.9 Å². The van der Waals surface area contributed by atoms with Crippen molar-refractivity contribution in [3.63, 3.8) is 0 Å². The Kier molecular flexibility index (Phi) is 5.27. The Balaban J connectivity index is 1.61. The Morgan fingerprint density at radius 1 is 0.750 bits per heavy atom. The second-order valence-electron chi connectivity index (χ2n) is 5.71. The molecule has 0 amide bonds. The molecule has 0 fully saturated rings. The number of hydrogen-bond acceptors (Lipinski definition) is 2. The molecular formula is C22H19NO. The Bertz CT molecular complexity index is 789. The van der Waals surface area contributed by atoms with E-state index in [1.807, 2.05) is 84.9 Å². The molecule has 0 saturated carbocycles. The fraction of sp³-hybridized carbons (Fsp3) is 0.136. The molecule has 0 bridgehead atoms. The van der Waals surface area contributed by atoms with Gasteiger partial charge in [0.25, 0.3) is 0 Å². The van der Waals surface area contributed by atoms with Crippen molar-refractivity contribution in [2.24, 2.45) is 0 Å². The highest BCUT2D eigenvalue weighted by Crippen LogP contribution is 2.22. The van der Waals surface area contributed by atoms with Gasteiger partial charge in [0.05, 0.1) is 12.0 Å². The van der Waals surface area contributed by atoms with E-state index < -0.39 is 0 Å². The van der Waals surface area contributed by atoms with E-state index in [0.29, 0.717) is 13.0 Å². The van der Waals surface area contributed by atoms with Crippen molar-refractivity contribution in [3.8, 4) is 11.8 Å². The van der Waals surface area contributed by atoms with Gasteiger partial charge in [0.2, 0.25) is 0 Å². The van der Waals surface area contributed by atoms with Crippen LogP contribution in [0.2, 0.25) is 0 Å². The number of ether oxygens (including phenoxy) is 1. The summed E-state index contributed by atoms with van der Waals surface area (Å²) in [5.74, 6) is 0.720. The quantitative estimate of drug-likeness (QED) is 0.633. The third-order valence-electron chi connectivity index (χ3n) is 3.97. The number of nitrogens with zero attached hydrogens (tertiary/aromatic N) is 1. The number of rotatable bonds is 6. The molecule has 2 heteroatoms. The van der Waals surface area contributed by atoms with Gasteiger partial charge in [-0.05, 0) is 35.2 Å². The van der Waals surface area contributed by atoms with E-state index in [1.165, 1.54) is 0 Å². The number of nitriles is 1. The molecule has 0 N–H and O–H groups in total. The lowest BCUT2D eigenvalue weighted by molar-refractivity contribution is 0.306. The predicted molar refractivity (Wildman–Crippen MR) is 95.7 cm³/mol. The molecule has 0 radical (unpaired) electrons. The maximum Gasteiger partial charge on any atom is 0.119 e. The number of hydrogen-bond donors (Lipinski definition) is 0. The van der Waals surface area contributed by atoms with Crippen LogP contribution in [0.5, 0.6) is 5.75 Å². The van der Waals surface area contributed by atoms with Crippen molar-refractivity contribution >= 4 is 0 Å². The van der Waals surface area contributed by atoms with Crippen LogP contribution in [-0.2, 0) is 13.0 Å². The largest absolute Gasteiger partial charge is 0.489 e. The van der Waals surface area contributed by atoms with Crippen LogP contribution >= 0.6 is 0 Å². The zero-order valence-corrected chi connectivity index (χ0v) is 13.4. The lowest BCUT2D eigenvalue weighted by atomic mass is 9.93. The maximum atomic E-state index is 9.43. The Labute approximate surface area is 143 Å². The van der Waals surface area contributed by atoms with Crippen molar-refractivity contribution < 1.29 is 4.74 Å². The summed E-state index contributed by atoms with van der Waals surface area (Å²) >= 11 is 0. The van der Waals surface area contributed by atoms with Crippen LogP contribution in [-0.4, -0.2) is 0 Å². The molecule has 118 valence electrons. The van der Waals surface area contributed by atoms with Crippen LogP contribution in [0.25, 0.3) is 0 Å². The topological polar surface area (TPSA) is 33.0 Å². The monoisotopic (exact) mass is 313 g/mol. The lowest BCUT2D eigenvalue weighted by Crippen LogP contribution is -2.00. The zero-order valence-electron chi connectivity index (χ0n) is 13.4. The summed E-state index contributed by atoms with van der Waals surface area (Å²) in [5, 5.41) is 9.43. The summed E-state index contributed by atoms with van der Waals surface area (Å²) in [4.78, 5) is 0. The first-order valence-corrected chi connectivity index (χ1v) is 8.05. The molecule has 1 unspecified atom stereocenters. The summed E-state index contributed by atoms with van der Waals surface area (Å²) in [7, 11) is 0. The van der Waals surface area contributed by atoms with E-state index in [4.69, 9.17) is 4.74 Å². The van der Waals surface area contributed by atoms with Gasteiger partial charge in [0, 0.05) is 0 Å².